The van der Waals surface area contributed by atoms with Crippen LogP contribution in [-0.4, -0.2) is 60.0 Å². The molecule has 3 amide bonds. The number of carbonyl (C=O) groups excluding carboxylic acids is 4. The summed E-state index contributed by atoms with van der Waals surface area (Å²) in [6.07, 6.45) is 0.630. The van der Waals surface area contributed by atoms with Crippen LogP contribution in [0.1, 0.15) is 49.1 Å². The van der Waals surface area contributed by atoms with Crippen LogP contribution >= 0.6 is 11.8 Å². The molecule has 2 heterocycles. The van der Waals surface area contributed by atoms with Gasteiger partial charge in [-0.1, -0.05) is 96.6 Å². The smallest absolute Gasteiger partial charge is 0.412 e. The van der Waals surface area contributed by atoms with Gasteiger partial charge in [0.1, 0.15) is 33.9 Å². The van der Waals surface area contributed by atoms with Crippen molar-refractivity contribution in [3.63, 3.8) is 0 Å². The molecule has 14 heteroatoms. The lowest BCUT2D eigenvalue weighted by atomic mass is 10.0. The fourth-order valence-corrected chi connectivity index (χ4v) is 8.16. The van der Waals surface area contributed by atoms with Crippen molar-refractivity contribution < 1.29 is 41.3 Å². The number of benzene rings is 4. The predicted molar refractivity (Wildman–Crippen MR) is 211 cm³/mol. The molecule has 0 saturated carbocycles. The largest absolute Gasteiger partial charge is 0.448 e. The van der Waals surface area contributed by atoms with Gasteiger partial charge in [-0.05, 0) is 74.2 Å². The van der Waals surface area contributed by atoms with Crippen molar-refractivity contribution in [3.8, 4) is 0 Å². The molecule has 290 valence electrons. The quantitative estimate of drug-likeness (QED) is 0.0677. The molecule has 4 aromatic rings. The van der Waals surface area contributed by atoms with Crippen LogP contribution in [-0.2, 0) is 44.6 Å². The van der Waals surface area contributed by atoms with E-state index < -0.39 is 57.1 Å². The standard InChI is InChI=1S/C42H41N3O9S2/c1-27-19-21-32(22-20-27)56(50,51)52-24-23-31-26-55-39-35(44-34(46)25-30-17-11-12-18-33(30)43-41(49)54-42(2,3)4)38(47)45(39)36(31)40(48)53-37(28-13-7-5-8-14-28)29-15-9-6-10-16-29/h5-24,35,37,39H,25-26H2,1-4H3,(H,43,49)(H,44,46)/b24-23+. The second-order valence-electron chi connectivity index (χ2n) is 14.1. The highest BCUT2D eigenvalue weighted by Crippen LogP contribution is 2.42. The lowest BCUT2D eigenvalue weighted by Crippen LogP contribution is -2.70. The maximum atomic E-state index is 14.3. The summed E-state index contributed by atoms with van der Waals surface area (Å²) in [5.74, 6) is -1.71. The van der Waals surface area contributed by atoms with Crippen molar-refractivity contribution in [2.75, 3.05) is 11.1 Å². The minimum absolute atomic E-state index is 0.0484. The van der Waals surface area contributed by atoms with Gasteiger partial charge in [-0.2, -0.15) is 8.42 Å². The average molecular weight is 796 g/mol. The van der Waals surface area contributed by atoms with Crippen molar-refractivity contribution in [2.45, 2.75) is 62.1 Å². The Bertz CT molecular complexity index is 2230. The first-order valence-corrected chi connectivity index (χ1v) is 20.2. The maximum absolute atomic E-state index is 14.3. The molecule has 2 aliphatic rings. The number of ether oxygens (including phenoxy) is 2. The molecular weight excluding hydrogens is 755 g/mol. The minimum Gasteiger partial charge on any atom is -0.448 e. The van der Waals surface area contributed by atoms with E-state index in [9.17, 15) is 27.6 Å². The van der Waals surface area contributed by atoms with Gasteiger partial charge < -0.3 is 19.0 Å². The molecule has 1 saturated heterocycles. The third-order valence-electron chi connectivity index (χ3n) is 8.70. The molecule has 2 atom stereocenters. The maximum Gasteiger partial charge on any atom is 0.412 e. The number of rotatable bonds is 12. The van der Waals surface area contributed by atoms with Crippen molar-refractivity contribution in [1.29, 1.82) is 0 Å². The topological polar surface area (TPSA) is 157 Å². The van der Waals surface area contributed by atoms with E-state index in [0.29, 0.717) is 22.4 Å². The Kier molecular flexibility index (Phi) is 12.0. The molecule has 56 heavy (non-hydrogen) atoms. The van der Waals surface area contributed by atoms with Gasteiger partial charge in [0.25, 0.3) is 5.91 Å². The monoisotopic (exact) mass is 795 g/mol. The van der Waals surface area contributed by atoms with Gasteiger partial charge in [-0.15, -0.1) is 11.8 Å². The number of thioether (sulfide) groups is 1. The summed E-state index contributed by atoms with van der Waals surface area (Å²) >= 11 is 1.28. The number of hydrogen-bond acceptors (Lipinski definition) is 10. The Morgan fingerprint density at radius 2 is 1.50 bits per heavy atom. The summed E-state index contributed by atoms with van der Waals surface area (Å²) in [6.45, 7) is 7.05. The van der Waals surface area contributed by atoms with Gasteiger partial charge in [0.05, 0.1) is 6.42 Å². The van der Waals surface area contributed by atoms with Crippen LogP contribution in [0.25, 0.3) is 0 Å². The zero-order valence-electron chi connectivity index (χ0n) is 31.1. The number of carbonyl (C=O) groups is 4. The molecule has 0 aliphatic carbocycles. The number of β-lactam (4-membered cyclic amide) rings is 1. The highest BCUT2D eigenvalue weighted by atomic mass is 32.2. The zero-order chi connectivity index (χ0) is 40.0. The van der Waals surface area contributed by atoms with E-state index in [-0.39, 0.29) is 28.3 Å². The van der Waals surface area contributed by atoms with E-state index >= 15 is 0 Å². The fraction of sp³-hybridized carbons (Fsp3) is 0.238. The molecule has 2 aliphatic heterocycles. The lowest BCUT2D eigenvalue weighted by Gasteiger charge is -2.49. The van der Waals surface area contributed by atoms with Gasteiger partial charge in [-0.3, -0.25) is 19.8 Å². The Labute approximate surface area is 330 Å². The first-order valence-electron chi connectivity index (χ1n) is 17.7. The molecule has 1 fully saturated rings. The SMILES string of the molecule is Cc1ccc(S(=O)(=O)O/C=C/C2=C(C(=O)OC(c3ccccc3)c3ccccc3)N3C(=O)C(NC(=O)Cc4ccccc4NC(=O)OC(C)(C)C)C3SC2)cc1. The Morgan fingerprint density at radius 1 is 0.893 bits per heavy atom. The summed E-state index contributed by atoms with van der Waals surface area (Å²) in [5.41, 5.74) is 2.61. The van der Waals surface area contributed by atoms with Gasteiger partial charge in [0.15, 0.2) is 6.10 Å². The van der Waals surface area contributed by atoms with Crippen molar-refractivity contribution >= 4 is 51.4 Å². The van der Waals surface area contributed by atoms with E-state index in [1.807, 2.05) is 67.6 Å². The molecule has 0 radical (unpaired) electrons. The minimum atomic E-state index is -4.18. The highest BCUT2D eigenvalue weighted by molar-refractivity contribution is 8.00. The molecule has 2 unspecified atom stereocenters. The third kappa shape index (κ3) is 9.50. The van der Waals surface area contributed by atoms with Crippen molar-refractivity contribution in [3.05, 3.63) is 155 Å². The first kappa shape index (κ1) is 39.8. The molecule has 12 nitrogen and oxygen atoms in total. The molecule has 0 aromatic heterocycles. The van der Waals surface area contributed by atoms with Crippen LogP contribution in [0.5, 0.6) is 0 Å². The predicted octanol–water partition coefficient (Wildman–Crippen LogP) is 6.79. The highest BCUT2D eigenvalue weighted by Gasteiger charge is 2.54. The average Bonchev–Trinajstić information content (AvgIpc) is 3.16. The molecule has 0 bridgehead atoms. The molecule has 4 aromatic carbocycles. The van der Waals surface area contributed by atoms with Crippen LogP contribution in [0.4, 0.5) is 10.5 Å². The van der Waals surface area contributed by atoms with Crippen molar-refractivity contribution in [1.82, 2.24) is 10.2 Å². The van der Waals surface area contributed by atoms with Crippen LogP contribution in [0.2, 0.25) is 0 Å². The van der Waals surface area contributed by atoms with E-state index in [1.165, 1.54) is 34.9 Å². The fourth-order valence-electron chi connectivity index (χ4n) is 6.06. The number of hydrogen-bond donors (Lipinski definition) is 2. The Morgan fingerprint density at radius 3 is 2.12 bits per heavy atom. The number of nitrogens with zero attached hydrogens (tertiary/aromatic N) is 1. The summed E-state index contributed by atoms with van der Waals surface area (Å²) in [7, 11) is -4.18. The normalized spacial score (nSPS) is 16.9. The molecule has 2 N–H and O–H groups in total. The van der Waals surface area contributed by atoms with E-state index in [4.69, 9.17) is 13.7 Å². The van der Waals surface area contributed by atoms with Gasteiger partial charge in [-0.25, -0.2) is 9.59 Å². The number of esters is 1. The summed E-state index contributed by atoms with van der Waals surface area (Å²) in [4.78, 5) is 55.2. The second-order valence-corrected chi connectivity index (χ2v) is 16.7. The molecule has 6 rings (SSSR count). The zero-order valence-corrected chi connectivity index (χ0v) is 32.8. The van der Waals surface area contributed by atoms with E-state index in [2.05, 4.69) is 10.6 Å². The number of allylic oxidation sites excluding steroid dienone is 1. The number of para-hydroxylation sites is 1. The van der Waals surface area contributed by atoms with Gasteiger partial charge in [0, 0.05) is 11.4 Å². The lowest BCUT2D eigenvalue weighted by molar-refractivity contribution is -0.154. The van der Waals surface area contributed by atoms with Gasteiger partial charge in [0.2, 0.25) is 5.91 Å². The number of nitrogens with one attached hydrogen (secondary N) is 2. The van der Waals surface area contributed by atoms with Crippen molar-refractivity contribution in [2.24, 2.45) is 0 Å². The number of amides is 3. The second kappa shape index (κ2) is 16.9. The van der Waals surface area contributed by atoms with Crippen LogP contribution in [0, 0.1) is 6.92 Å². The summed E-state index contributed by atoms with van der Waals surface area (Å²) < 4.78 is 42.6. The summed E-state index contributed by atoms with van der Waals surface area (Å²) in [5, 5.41) is 4.79. The third-order valence-corrected chi connectivity index (χ3v) is 11.2. The number of fused-ring (bicyclic) bond motifs is 1. The number of aryl methyl sites for hydroxylation is 1. The Balaban J connectivity index is 1.24. The van der Waals surface area contributed by atoms with Crippen LogP contribution in [0.3, 0.4) is 0 Å². The number of anilines is 1. The summed E-state index contributed by atoms with van der Waals surface area (Å²) in [6, 6.07) is 30.2. The van der Waals surface area contributed by atoms with Crippen LogP contribution in [0.15, 0.2) is 138 Å². The van der Waals surface area contributed by atoms with Crippen LogP contribution < -0.4 is 10.6 Å². The van der Waals surface area contributed by atoms with E-state index in [1.54, 1.807) is 57.2 Å². The molecule has 0 spiro atoms. The van der Waals surface area contributed by atoms with E-state index in [0.717, 1.165) is 11.8 Å². The first-order chi connectivity index (χ1) is 26.7. The molecular formula is C42H41N3O9S2. The Hall–Kier alpha value is -5.86. The van der Waals surface area contributed by atoms with Gasteiger partial charge >= 0.3 is 22.2 Å².